The second-order valence-electron chi connectivity index (χ2n) is 8.24. The van der Waals surface area contributed by atoms with Crippen LogP contribution in [0.25, 0.3) is 5.76 Å². The van der Waals surface area contributed by atoms with Crippen molar-refractivity contribution in [3.8, 4) is 0 Å². The number of hydrogen-bond acceptors (Lipinski definition) is 4. The van der Waals surface area contributed by atoms with Gasteiger partial charge in [-0.3, -0.25) is 9.59 Å². The number of likely N-dealkylation sites (tertiary alicyclic amines) is 1. The van der Waals surface area contributed by atoms with Crippen LogP contribution in [0.3, 0.4) is 0 Å². The van der Waals surface area contributed by atoms with Gasteiger partial charge in [-0.2, -0.15) is 0 Å². The third-order valence-corrected chi connectivity index (χ3v) is 6.39. The Morgan fingerprint density at radius 3 is 2.34 bits per heavy atom. The van der Waals surface area contributed by atoms with E-state index in [0.717, 1.165) is 42.7 Å². The first-order valence-electron chi connectivity index (χ1n) is 11.1. The minimum absolute atomic E-state index is 0.129. The molecule has 0 spiro atoms. The summed E-state index contributed by atoms with van der Waals surface area (Å²) in [5.41, 5.74) is 3.27. The lowest BCUT2D eigenvalue weighted by atomic mass is 9.93. The molecule has 3 rings (SSSR count). The van der Waals surface area contributed by atoms with Gasteiger partial charge < -0.3 is 14.9 Å². The van der Waals surface area contributed by atoms with Crippen molar-refractivity contribution in [1.82, 2.24) is 9.80 Å². The van der Waals surface area contributed by atoms with Gasteiger partial charge in [-0.15, -0.1) is 0 Å². The molecule has 32 heavy (non-hydrogen) atoms. The summed E-state index contributed by atoms with van der Waals surface area (Å²) in [5, 5.41) is 11.8. The number of rotatable bonds is 8. The highest BCUT2D eigenvalue weighted by molar-refractivity contribution is 6.46. The molecule has 1 heterocycles. The van der Waals surface area contributed by atoms with Crippen molar-refractivity contribution in [2.75, 3.05) is 26.2 Å². The molecule has 0 bridgehead atoms. The Morgan fingerprint density at radius 1 is 1.06 bits per heavy atom. The molecule has 0 radical (unpaired) electrons. The lowest BCUT2D eigenvalue weighted by molar-refractivity contribution is -0.140. The van der Waals surface area contributed by atoms with Crippen LogP contribution >= 0.6 is 11.6 Å². The summed E-state index contributed by atoms with van der Waals surface area (Å²) in [6, 6.07) is 12.2. The smallest absolute Gasteiger partial charge is 0.295 e. The molecular weight excluding hydrogens is 424 g/mol. The van der Waals surface area contributed by atoms with Gasteiger partial charge in [0, 0.05) is 17.1 Å². The zero-order chi connectivity index (χ0) is 23.4. The standard InChI is InChI=1S/C26H31ClN2O3/c1-5-28(6-2)14-7-15-29-23(19-10-12-20(27)13-11-19)22(25(31)26(29)32)24(30)21-16-17(3)8-9-18(21)4/h8-13,16,23,30H,5-7,14-15H2,1-4H3. The Balaban J connectivity index is 2.06. The van der Waals surface area contributed by atoms with Gasteiger partial charge in [0.1, 0.15) is 5.76 Å². The molecule has 2 aromatic carbocycles. The second-order valence-corrected chi connectivity index (χ2v) is 8.68. The number of hydrogen-bond donors (Lipinski definition) is 1. The van der Waals surface area contributed by atoms with E-state index in [0.29, 0.717) is 17.1 Å². The molecule has 6 heteroatoms. The maximum Gasteiger partial charge on any atom is 0.295 e. The number of carbonyl (C=O) groups is 2. The highest BCUT2D eigenvalue weighted by Gasteiger charge is 2.45. The number of aliphatic hydroxyl groups excluding tert-OH is 1. The highest BCUT2D eigenvalue weighted by atomic mass is 35.5. The molecule has 1 atom stereocenters. The normalized spacial score (nSPS) is 18.1. The second kappa shape index (κ2) is 10.3. The summed E-state index contributed by atoms with van der Waals surface area (Å²) in [6.07, 6.45) is 0.738. The van der Waals surface area contributed by atoms with E-state index in [4.69, 9.17) is 11.6 Å². The van der Waals surface area contributed by atoms with Gasteiger partial charge in [0.2, 0.25) is 0 Å². The van der Waals surface area contributed by atoms with E-state index in [9.17, 15) is 14.7 Å². The minimum Gasteiger partial charge on any atom is -0.507 e. The molecular formula is C26H31ClN2O3. The van der Waals surface area contributed by atoms with Crippen LogP contribution in [0.5, 0.6) is 0 Å². The third kappa shape index (κ3) is 4.89. The Morgan fingerprint density at radius 2 is 1.72 bits per heavy atom. The molecule has 1 aliphatic rings. The predicted octanol–water partition coefficient (Wildman–Crippen LogP) is 5.11. The fraction of sp³-hybridized carbons (Fsp3) is 0.385. The highest BCUT2D eigenvalue weighted by Crippen LogP contribution is 2.40. The van der Waals surface area contributed by atoms with Crippen molar-refractivity contribution in [2.45, 2.75) is 40.2 Å². The van der Waals surface area contributed by atoms with Crippen molar-refractivity contribution >= 4 is 29.1 Å². The SMILES string of the molecule is CCN(CC)CCCN1C(=O)C(=O)C(=C(O)c2cc(C)ccc2C)C1c1ccc(Cl)cc1. The Kier molecular flexibility index (Phi) is 7.75. The monoisotopic (exact) mass is 454 g/mol. The number of benzene rings is 2. The van der Waals surface area contributed by atoms with Crippen LogP contribution in [0.15, 0.2) is 48.0 Å². The van der Waals surface area contributed by atoms with Crippen LogP contribution < -0.4 is 0 Å². The van der Waals surface area contributed by atoms with Gasteiger partial charge in [0.05, 0.1) is 11.6 Å². The Labute approximate surface area is 195 Å². The Hall–Kier alpha value is -2.63. The number of carbonyl (C=O) groups excluding carboxylic acids is 2. The average molecular weight is 455 g/mol. The molecule has 1 N–H and O–H groups in total. The van der Waals surface area contributed by atoms with Crippen LogP contribution in [0, 0.1) is 13.8 Å². The van der Waals surface area contributed by atoms with Crippen molar-refractivity contribution in [3.63, 3.8) is 0 Å². The molecule has 0 aromatic heterocycles. The summed E-state index contributed by atoms with van der Waals surface area (Å²) in [6.45, 7) is 11.1. The maximum absolute atomic E-state index is 13.1. The first kappa shape index (κ1) is 24.0. The van der Waals surface area contributed by atoms with Gasteiger partial charge in [-0.1, -0.05) is 55.3 Å². The number of amides is 1. The fourth-order valence-corrected chi connectivity index (χ4v) is 4.37. The lowest BCUT2D eigenvalue weighted by Crippen LogP contribution is -2.33. The number of aliphatic hydroxyl groups is 1. The summed E-state index contributed by atoms with van der Waals surface area (Å²) in [7, 11) is 0. The Bertz CT molecular complexity index is 1030. The lowest BCUT2D eigenvalue weighted by Gasteiger charge is -2.27. The van der Waals surface area contributed by atoms with Crippen LogP contribution in [-0.2, 0) is 9.59 Å². The summed E-state index contributed by atoms with van der Waals surface area (Å²) < 4.78 is 0. The van der Waals surface area contributed by atoms with Crippen LogP contribution in [0.2, 0.25) is 5.02 Å². The molecule has 1 fully saturated rings. The molecule has 1 saturated heterocycles. The maximum atomic E-state index is 13.1. The van der Waals surface area contributed by atoms with Crippen molar-refractivity contribution in [2.24, 2.45) is 0 Å². The molecule has 1 aliphatic heterocycles. The number of Topliss-reactive ketones (excluding diaryl/α,β-unsaturated/α-hetero) is 1. The van der Waals surface area contributed by atoms with Gasteiger partial charge in [-0.25, -0.2) is 0 Å². The summed E-state index contributed by atoms with van der Waals surface area (Å²) in [5.74, 6) is -1.35. The first-order valence-corrected chi connectivity index (χ1v) is 11.5. The first-order chi connectivity index (χ1) is 15.3. The van der Waals surface area contributed by atoms with Gasteiger partial charge in [-0.05, 0) is 69.2 Å². The largest absolute Gasteiger partial charge is 0.507 e. The van der Waals surface area contributed by atoms with E-state index in [1.165, 1.54) is 0 Å². The van der Waals surface area contributed by atoms with E-state index in [1.807, 2.05) is 44.2 Å². The van der Waals surface area contributed by atoms with Crippen molar-refractivity contribution in [1.29, 1.82) is 0 Å². The summed E-state index contributed by atoms with van der Waals surface area (Å²) >= 11 is 6.08. The van der Waals surface area contributed by atoms with E-state index in [1.54, 1.807) is 17.0 Å². The molecule has 1 amide bonds. The van der Waals surface area contributed by atoms with E-state index >= 15 is 0 Å². The van der Waals surface area contributed by atoms with E-state index in [2.05, 4.69) is 18.7 Å². The molecule has 0 aliphatic carbocycles. The molecule has 170 valence electrons. The minimum atomic E-state index is -0.649. The molecule has 0 saturated carbocycles. The van der Waals surface area contributed by atoms with Crippen LogP contribution in [0.4, 0.5) is 0 Å². The number of ketones is 1. The van der Waals surface area contributed by atoms with Crippen molar-refractivity contribution in [3.05, 3.63) is 75.3 Å². The molecule has 1 unspecified atom stereocenters. The fourth-order valence-electron chi connectivity index (χ4n) is 4.24. The number of aryl methyl sites for hydroxylation is 2. The van der Waals surface area contributed by atoms with Crippen LogP contribution in [0.1, 0.15) is 48.6 Å². The van der Waals surface area contributed by atoms with Gasteiger partial charge >= 0.3 is 0 Å². The number of halogens is 1. The van der Waals surface area contributed by atoms with Crippen LogP contribution in [-0.4, -0.2) is 52.8 Å². The zero-order valence-corrected chi connectivity index (χ0v) is 19.9. The van der Waals surface area contributed by atoms with Gasteiger partial charge in [0.25, 0.3) is 11.7 Å². The number of nitrogens with zero attached hydrogens (tertiary/aromatic N) is 2. The van der Waals surface area contributed by atoms with Gasteiger partial charge in [0.15, 0.2) is 0 Å². The zero-order valence-electron chi connectivity index (χ0n) is 19.2. The molecule has 2 aromatic rings. The average Bonchev–Trinajstić information content (AvgIpc) is 3.03. The molecule has 5 nitrogen and oxygen atoms in total. The summed E-state index contributed by atoms with van der Waals surface area (Å²) in [4.78, 5) is 30.1. The van der Waals surface area contributed by atoms with E-state index < -0.39 is 17.7 Å². The predicted molar refractivity (Wildman–Crippen MR) is 129 cm³/mol. The topological polar surface area (TPSA) is 60.9 Å². The quantitative estimate of drug-likeness (QED) is 0.342. The van der Waals surface area contributed by atoms with E-state index in [-0.39, 0.29) is 11.3 Å². The third-order valence-electron chi connectivity index (χ3n) is 6.14. The van der Waals surface area contributed by atoms with Crippen molar-refractivity contribution < 1.29 is 14.7 Å².